The van der Waals surface area contributed by atoms with Crippen molar-refractivity contribution in [3.63, 3.8) is 0 Å². The minimum absolute atomic E-state index is 0.341. The fourth-order valence-electron chi connectivity index (χ4n) is 4.46. The second-order valence-electron chi connectivity index (χ2n) is 8.80. The summed E-state index contributed by atoms with van der Waals surface area (Å²) in [6, 6.07) is 21.1. The van der Waals surface area contributed by atoms with Gasteiger partial charge in [-0.15, -0.1) is 0 Å². The smallest absolute Gasteiger partial charge is 0.324 e. The van der Waals surface area contributed by atoms with Gasteiger partial charge in [-0.05, 0) is 23.8 Å². The maximum atomic E-state index is 12.6. The zero-order chi connectivity index (χ0) is 25.2. The molecule has 1 saturated heterocycles. The lowest BCUT2D eigenvalue weighted by atomic mass is 10.1. The minimum atomic E-state index is -0.341. The lowest BCUT2D eigenvalue weighted by molar-refractivity contribution is 0.122. The van der Waals surface area contributed by atoms with Crippen LogP contribution in [-0.2, 0) is 11.8 Å². The highest BCUT2D eigenvalue weighted by molar-refractivity contribution is 5.99. The van der Waals surface area contributed by atoms with E-state index >= 15 is 0 Å². The molecule has 0 spiro atoms. The van der Waals surface area contributed by atoms with Gasteiger partial charge in [0.25, 0.3) is 0 Å². The van der Waals surface area contributed by atoms with E-state index in [1.54, 1.807) is 18.1 Å². The van der Waals surface area contributed by atoms with Gasteiger partial charge in [0, 0.05) is 43.1 Å². The summed E-state index contributed by atoms with van der Waals surface area (Å²) < 4.78 is 7.12. The third-order valence-electron chi connectivity index (χ3n) is 6.36. The molecule has 1 fully saturated rings. The van der Waals surface area contributed by atoms with E-state index in [1.165, 1.54) is 0 Å². The minimum Gasteiger partial charge on any atom is -0.378 e. The maximum absolute atomic E-state index is 12.6. The van der Waals surface area contributed by atoms with E-state index in [9.17, 15) is 4.79 Å². The van der Waals surface area contributed by atoms with Crippen molar-refractivity contribution in [2.45, 2.75) is 0 Å². The molecule has 0 bridgehead atoms. The number of hydrogen-bond acceptors (Lipinski definition) is 6. The lowest BCUT2D eigenvalue weighted by Gasteiger charge is -2.27. The molecule has 1 aliphatic rings. The molecule has 0 aliphatic carbocycles. The number of carbonyl (C=O) groups is 1. The second-order valence-corrected chi connectivity index (χ2v) is 8.80. The topological polar surface area (TPSA) is 113 Å². The third-order valence-corrected chi connectivity index (χ3v) is 6.36. The Kier molecular flexibility index (Phi) is 5.99. The van der Waals surface area contributed by atoms with Crippen molar-refractivity contribution in [3.8, 4) is 22.5 Å². The van der Waals surface area contributed by atoms with Crippen molar-refractivity contribution in [2.24, 2.45) is 7.05 Å². The second kappa shape index (κ2) is 9.75. The van der Waals surface area contributed by atoms with Crippen molar-refractivity contribution < 1.29 is 9.53 Å². The van der Waals surface area contributed by atoms with Crippen LogP contribution in [0.3, 0.4) is 0 Å². The number of hydrogen-bond donors (Lipinski definition) is 3. The molecule has 4 heterocycles. The van der Waals surface area contributed by atoms with Gasteiger partial charge in [0.05, 0.1) is 24.3 Å². The molecule has 0 saturated carbocycles. The monoisotopic (exact) mass is 494 g/mol. The van der Waals surface area contributed by atoms with E-state index in [-0.39, 0.29) is 6.03 Å². The molecule has 2 aromatic carbocycles. The van der Waals surface area contributed by atoms with Gasteiger partial charge in [-0.25, -0.2) is 14.8 Å². The van der Waals surface area contributed by atoms with Gasteiger partial charge in [-0.2, -0.15) is 5.10 Å². The number of amides is 2. The Hall–Kier alpha value is -4.70. The average molecular weight is 495 g/mol. The van der Waals surface area contributed by atoms with Crippen LogP contribution in [0.4, 0.5) is 22.1 Å². The normalized spacial score (nSPS) is 13.6. The number of carbonyl (C=O) groups excluding carboxylic acids is 1. The first kappa shape index (κ1) is 22.7. The van der Waals surface area contributed by atoms with E-state index in [1.807, 2.05) is 60.7 Å². The number of H-pyrrole nitrogens is 1. The molecular formula is C27H26N8O2. The highest BCUT2D eigenvalue weighted by Gasteiger charge is 2.17. The summed E-state index contributed by atoms with van der Waals surface area (Å²) in [6.07, 6.45) is 1.59. The molecule has 0 unspecified atom stereocenters. The number of anilines is 3. The predicted octanol–water partition coefficient (Wildman–Crippen LogP) is 4.51. The van der Waals surface area contributed by atoms with Crippen LogP contribution in [0.15, 0.2) is 73.1 Å². The number of fused-ring (bicyclic) bond motifs is 1. The molecule has 2 amide bonds. The molecule has 3 N–H and O–H groups in total. The molecular weight excluding hydrogens is 468 g/mol. The molecule has 0 radical (unpaired) electrons. The Morgan fingerprint density at radius 2 is 1.73 bits per heavy atom. The number of morpholine rings is 1. The number of urea groups is 1. The number of rotatable bonds is 5. The van der Waals surface area contributed by atoms with Crippen molar-refractivity contribution in [1.82, 2.24) is 24.7 Å². The number of aryl methyl sites for hydroxylation is 1. The van der Waals surface area contributed by atoms with Crippen LogP contribution in [-0.4, -0.2) is 57.1 Å². The van der Waals surface area contributed by atoms with Crippen molar-refractivity contribution in [3.05, 3.63) is 73.1 Å². The van der Waals surface area contributed by atoms with E-state index < -0.39 is 0 Å². The first-order valence-electron chi connectivity index (χ1n) is 12.1. The van der Waals surface area contributed by atoms with Crippen LogP contribution in [0.5, 0.6) is 0 Å². The molecule has 3 aromatic heterocycles. The number of nitrogens with zero attached hydrogens (tertiary/aromatic N) is 5. The number of benzene rings is 2. The predicted molar refractivity (Wildman–Crippen MR) is 144 cm³/mol. The van der Waals surface area contributed by atoms with Crippen LogP contribution in [0, 0.1) is 0 Å². The lowest BCUT2D eigenvalue weighted by Crippen LogP contribution is -2.36. The summed E-state index contributed by atoms with van der Waals surface area (Å²) >= 11 is 0. The Morgan fingerprint density at radius 3 is 2.51 bits per heavy atom. The van der Waals surface area contributed by atoms with Gasteiger partial charge in [0.2, 0.25) is 0 Å². The zero-order valence-electron chi connectivity index (χ0n) is 20.3. The molecule has 0 atom stereocenters. The first-order chi connectivity index (χ1) is 18.1. The largest absolute Gasteiger partial charge is 0.378 e. The van der Waals surface area contributed by atoms with Crippen LogP contribution in [0.25, 0.3) is 33.5 Å². The van der Waals surface area contributed by atoms with Crippen LogP contribution in [0.2, 0.25) is 0 Å². The quantitative estimate of drug-likeness (QED) is 0.331. The number of nitrogens with one attached hydrogen (secondary N) is 3. The number of aromatic amines is 1. The third kappa shape index (κ3) is 4.74. The fourth-order valence-corrected chi connectivity index (χ4v) is 4.46. The summed E-state index contributed by atoms with van der Waals surface area (Å²) in [5.74, 6) is 1.51. The van der Waals surface area contributed by atoms with E-state index in [4.69, 9.17) is 4.74 Å². The summed E-state index contributed by atoms with van der Waals surface area (Å²) in [6.45, 7) is 3.00. The zero-order valence-corrected chi connectivity index (χ0v) is 20.3. The van der Waals surface area contributed by atoms with Crippen LogP contribution >= 0.6 is 0 Å². The molecule has 5 aromatic rings. The molecule has 10 heteroatoms. The van der Waals surface area contributed by atoms with Gasteiger partial charge in [-0.3, -0.25) is 10.00 Å². The van der Waals surface area contributed by atoms with Gasteiger partial charge >= 0.3 is 6.03 Å². The van der Waals surface area contributed by atoms with Gasteiger partial charge < -0.3 is 19.9 Å². The summed E-state index contributed by atoms with van der Waals surface area (Å²) in [4.78, 5) is 27.2. The highest BCUT2D eigenvalue weighted by Crippen LogP contribution is 2.30. The Bertz CT molecular complexity index is 1540. The summed E-state index contributed by atoms with van der Waals surface area (Å²) in [5.41, 5.74) is 5.17. The summed E-state index contributed by atoms with van der Waals surface area (Å²) in [5, 5.41) is 11.2. The highest BCUT2D eigenvalue weighted by atomic mass is 16.5. The SMILES string of the molecule is Cn1nc(-c2ccccc2)cc1NC(=O)Nc1ccc(-c2cc3c(N4CCOCC4)ncnc3[nH]2)cc1. The van der Waals surface area contributed by atoms with Gasteiger partial charge in [-0.1, -0.05) is 42.5 Å². The number of aromatic nitrogens is 5. The summed E-state index contributed by atoms with van der Waals surface area (Å²) in [7, 11) is 1.80. The average Bonchev–Trinajstić information content (AvgIpc) is 3.53. The molecule has 1 aliphatic heterocycles. The Balaban J connectivity index is 1.15. The molecule has 6 rings (SSSR count). The van der Waals surface area contributed by atoms with E-state index in [0.29, 0.717) is 24.7 Å². The molecule has 10 nitrogen and oxygen atoms in total. The fraction of sp³-hybridized carbons (Fsp3) is 0.185. The number of ether oxygens (including phenoxy) is 1. The maximum Gasteiger partial charge on any atom is 0.324 e. The Labute approximate surface area is 213 Å². The van der Waals surface area contributed by atoms with Gasteiger partial charge in [0.1, 0.15) is 23.6 Å². The molecule has 37 heavy (non-hydrogen) atoms. The van der Waals surface area contributed by atoms with Gasteiger partial charge in [0.15, 0.2) is 0 Å². The standard InChI is InChI=1S/C27H26N8O2/c1-34-24(16-23(33-34)18-5-3-2-4-6-18)32-27(36)30-20-9-7-19(8-10-20)22-15-21-25(31-22)28-17-29-26(21)35-11-13-37-14-12-35/h2-10,15-17H,11-14H2,1H3,(H,28,29,31)(H2,30,32,36). The van der Waals surface area contributed by atoms with Crippen molar-refractivity contribution >= 4 is 34.4 Å². The van der Waals surface area contributed by atoms with Crippen molar-refractivity contribution in [2.75, 3.05) is 41.8 Å². The molecule has 186 valence electrons. The Morgan fingerprint density at radius 1 is 0.946 bits per heavy atom. The van der Waals surface area contributed by atoms with E-state index in [2.05, 4.69) is 41.7 Å². The van der Waals surface area contributed by atoms with Crippen molar-refractivity contribution in [1.29, 1.82) is 0 Å². The van der Waals surface area contributed by atoms with Crippen LogP contribution in [0.1, 0.15) is 0 Å². The van der Waals surface area contributed by atoms with Crippen LogP contribution < -0.4 is 15.5 Å². The first-order valence-corrected chi connectivity index (χ1v) is 12.1. The van der Waals surface area contributed by atoms with E-state index in [0.717, 1.165) is 52.5 Å².